The first kappa shape index (κ1) is 13.9. The number of hydrogen-bond acceptors (Lipinski definition) is 3. The van der Waals surface area contributed by atoms with Crippen molar-refractivity contribution in [1.29, 1.82) is 0 Å². The Kier molecular flexibility index (Phi) is 4.48. The highest BCUT2D eigenvalue weighted by molar-refractivity contribution is 5.32. The molecule has 4 heteroatoms. The lowest BCUT2D eigenvalue weighted by molar-refractivity contribution is -0.0202. The number of methoxy groups -OCH3 is 2. The fourth-order valence-corrected chi connectivity index (χ4v) is 1.71. The molecule has 0 radical (unpaired) electrons. The van der Waals surface area contributed by atoms with Crippen molar-refractivity contribution in [3.8, 4) is 5.75 Å². The minimum Gasteiger partial charge on any atom is -0.497 e. The summed E-state index contributed by atoms with van der Waals surface area (Å²) >= 11 is 0. The van der Waals surface area contributed by atoms with Gasteiger partial charge in [0, 0.05) is 18.7 Å². The van der Waals surface area contributed by atoms with Gasteiger partial charge >= 0.3 is 0 Å². The van der Waals surface area contributed by atoms with Gasteiger partial charge in [0.1, 0.15) is 11.6 Å². The molecule has 0 aliphatic heterocycles. The van der Waals surface area contributed by atoms with Gasteiger partial charge in [0.25, 0.3) is 0 Å². The predicted molar refractivity (Wildman–Crippen MR) is 65.6 cm³/mol. The third-order valence-electron chi connectivity index (χ3n) is 3.37. The average molecular weight is 241 g/mol. The highest BCUT2D eigenvalue weighted by Gasteiger charge is 2.32. The molecule has 1 rings (SSSR count). The Morgan fingerprint density at radius 2 is 2.06 bits per heavy atom. The first-order valence-corrected chi connectivity index (χ1v) is 5.62. The normalized spacial score (nSPS) is 16.4. The summed E-state index contributed by atoms with van der Waals surface area (Å²) in [5.41, 5.74) is 5.95. The van der Waals surface area contributed by atoms with E-state index in [-0.39, 0.29) is 5.82 Å². The minimum absolute atomic E-state index is 0.367. The summed E-state index contributed by atoms with van der Waals surface area (Å²) in [6, 6.07) is 4.17. The summed E-state index contributed by atoms with van der Waals surface area (Å²) in [6.07, 6.45) is 0.704. The van der Waals surface area contributed by atoms with E-state index in [4.69, 9.17) is 15.2 Å². The van der Waals surface area contributed by atoms with Crippen molar-refractivity contribution in [1.82, 2.24) is 0 Å². The van der Waals surface area contributed by atoms with Crippen LogP contribution in [0.1, 0.15) is 31.9 Å². The maximum Gasteiger partial charge on any atom is 0.131 e. The number of halogens is 1. The van der Waals surface area contributed by atoms with Crippen molar-refractivity contribution in [3.63, 3.8) is 0 Å². The lowest BCUT2D eigenvalue weighted by atomic mass is 9.88. The van der Waals surface area contributed by atoms with Crippen LogP contribution in [0.2, 0.25) is 0 Å². The molecular weight excluding hydrogens is 221 g/mol. The molecule has 0 spiro atoms. The van der Waals surface area contributed by atoms with E-state index in [1.165, 1.54) is 13.2 Å². The second-order valence-electron chi connectivity index (χ2n) is 4.24. The maximum absolute atomic E-state index is 13.9. The van der Waals surface area contributed by atoms with Gasteiger partial charge in [0.2, 0.25) is 0 Å². The van der Waals surface area contributed by atoms with Crippen LogP contribution in [0.4, 0.5) is 4.39 Å². The first-order valence-electron chi connectivity index (χ1n) is 5.62. The molecule has 0 fully saturated rings. The van der Waals surface area contributed by atoms with E-state index in [1.54, 1.807) is 19.2 Å². The molecule has 0 bridgehead atoms. The lowest BCUT2D eigenvalue weighted by Gasteiger charge is -2.33. The van der Waals surface area contributed by atoms with Gasteiger partial charge in [-0.2, -0.15) is 0 Å². The van der Waals surface area contributed by atoms with Gasteiger partial charge in [-0.15, -0.1) is 0 Å². The molecule has 0 aliphatic carbocycles. The van der Waals surface area contributed by atoms with E-state index < -0.39 is 11.6 Å². The first-order chi connectivity index (χ1) is 7.98. The van der Waals surface area contributed by atoms with E-state index in [1.807, 2.05) is 13.8 Å². The molecule has 0 saturated carbocycles. The van der Waals surface area contributed by atoms with E-state index in [0.717, 1.165) is 0 Å². The molecule has 0 amide bonds. The fraction of sp³-hybridized carbons (Fsp3) is 0.538. The Bertz CT molecular complexity index is 378. The average Bonchev–Trinajstić information content (AvgIpc) is 2.36. The zero-order valence-corrected chi connectivity index (χ0v) is 10.8. The second-order valence-corrected chi connectivity index (χ2v) is 4.24. The molecule has 0 saturated heterocycles. The lowest BCUT2D eigenvalue weighted by Crippen LogP contribution is -2.40. The largest absolute Gasteiger partial charge is 0.497 e. The maximum atomic E-state index is 13.9. The van der Waals surface area contributed by atoms with Crippen molar-refractivity contribution in [2.45, 2.75) is 31.9 Å². The fourth-order valence-electron chi connectivity index (χ4n) is 1.71. The van der Waals surface area contributed by atoms with E-state index in [9.17, 15) is 4.39 Å². The SMILES string of the molecule is CCC(C)(OC)C(N)c1ccc(OC)cc1F. The second kappa shape index (κ2) is 5.47. The Morgan fingerprint density at radius 1 is 1.41 bits per heavy atom. The minimum atomic E-state index is -0.574. The Morgan fingerprint density at radius 3 is 2.47 bits per heavy atom. The third-order valence-corrected chi connectivity index (χ3v) is 3.37. The summed E-state index contributed by atoms with van der Waals surface area (Å²) in [4.78, 5) is 0. The van der Waals surface area contributed by atoms with Crippen LogP contribution < -0.4 is 10.5 Å². The van der Waals surface area contributed by atoms with Gasteiger partial charge in [-0.1, -0.05) is 13.0 Å². The Balaban J connectivity index is 3.08. The number of nitrogens with two attached hydrogens (primary N) is 1. The smallest absolute Gasteiger partial charge is 0.131 e. The van der Waals surface area contributed by atoms with Crippen LogP contribution in [-0.4, -0.2) is 19.8 Å². The number of rotatable bonds is 5. The van der Waals surface area contributed by atoms with Gasteiger partial charge in [-0.3, -0.25) is 0 Å². The zero-order chi connectivity index (χ0) is 13.1. The molecule has 2 N–H and O–H groups in total. The van der Waals surface area contributed by atoms with Crippen LogP contribution in [0.15, 0.2) is 18.2 Å². The molecule has 0 aromatic heterocycles. The summed E-state index contributed by atoms with van der Waals surface area (Å²) < 4.78 is 24.2. The summed E-state index contributed by atoms with van der Waals surface area (Å²) in [5, 5.41) is 0. The highest BCUT2D eigenvalue weighted by Crippen LogP contribution is 2.32. The summed E-state index contributed by atoms with van der Waals surface area (Å²) in [6.45, 7) is 3.84. The van der Waals surface area contributed by atoms with Crippen LogP contribution >= 0.6 is 0 Å². The van der Waals surface area contributed by atoms with Crippen molar-refractivity contribution >= 4 is 0 Å². The van der Waals surface area contributed by atoms with Crippen LogP contribution in [-0.2, 0) is 4.74 Å². The van der Waals surface area contributed by atoms with Crippen LogP contribution in [0.5, 0.6) is 5.75 Å². The topological polar surface area (TPSA) is 44.5 Å². The van der Waals surface area contributed by atoms with Crippen molar-refractivity contribution in [2.75, 3.05) is 14.2 Å². The van der Waals surface area contributed by atoms with E-state index >= 15 is 0 Å². The third kappa shape index (κ3) is 2.76. The standard InChI is InChI=1S/C13H20FNO2/c1-5-13(2,17-4)12(15)10-7-6-9(16-3)8-11(10)14/h6-8,12H,5,15H2,1-4H3. The monoisotopic (exact) mass is 241 g/mol. The molecule has 17 heavy (non-hydrogen) atoms. The molecule has 0 aliphatic rings. The van der Waals surface area contributed by atoms with Gasteiger partial charge in [0.05, 0.1) is 18.8 Å². The molecule has 2 atom stereocenters. The van der Waals surface area contributed by atoms with E-state index in [2.05, 4.69) is 0 Å². The van der Waals surface area contributed by atoms with Gasteiger partial charge in [-0.25, -0.2) is 4.39 Å². The zero-order valence-electron chi connectivity index (χ0n) is 10.8. The Labute approximate surface area is 102 Å². The van der Waals surface area contributed by atoms with Crippen LogP contribution in [0.25, 0.3) is 0 Å². The number of ether oxygens (including phenoxy) is 2. The molecule has 3 nitrogen and oxygen atoms in total. The van der Waals surface area contributed by atoms with Gasteiger partial charge in [0.15, 0.2) is 0 Å². The molecule has 1 aromatic carbocycles. The molecule has 96 valence electrons. The van der Waals surface area contributed by atoms with Gasteiger partial charge < -0.3 is 15.2 Å². The van der Waals surface area contributed by atoms with Crippen LogP contribution in [0, 0.1) is 5.82 Å². The summed E-state index contributed by atoms with van der Waals surface area (Å²) in [5.74, 6) is 0.114. The van der Waals surface area contributed by atoms with Crippen molar-refractivity contribution < 1.29 is 13.9 Å². The quantitative estimate of drug-likeness (QED) is 0.862. The van der Waals surface area contributed by atoms with Crippen molar-refractivity contribution in [2.24, 2.45) is 5.73 Å². The number of benzene rings is 1. The summed E-state index contributed by atoms with van der Waals surface area (Å²) in [7, 11) is 3.09. The highest BCUT2D eigenvalue weighted by atomic mass is 19.1. The molecule has 1 aromatic rings. The van der Waals surface area contributed by atoms with Crippen molar-refractivity contribution in [3.05, 3.63) is 29.6 Å². The predicted octanol–water partition coefficient (Wildman–Crippen LogP) is 2.65. The molecule has 0 heterocycles. The molecular formula is C13H20FNO2. The van der Waals surface area contributed by atoms with Crippen LogP contribution in [0.3, 0.4) is 0 Å². The molecule has 2 unspecified atom stereocenters. The van der Waals surface area contributed by atoms with E-state index in [0.29, 0.717) is 17.7 Å². The van der Waals surface area contributed by atoms with Gasteiger partial charge in [-0.05, 0) is 19.4 Å². The number of hydrogen-bond donors (Lipinski definition) is 1. The Hall–Kier alpha value is -1.13.